The molecule has 96 valence electrons. The number of hydrogen-bond donors (Lipinski definition) is 2. The summed E-state index contributed by atoms with van der Waals surface area (Å²) in [7, 11) is 0. The van der Waals surface area contributed by atoms with E-state index in [0.29, 0.717) is 18.7 Å². The third kappa shape index (κ3) is 3.15. The zero-order valence-corrected chi connectivity index (χ0v) is 10.2. The van der Waals surface area contributed by atoms with Crippen LogP contribution in [-0.2, 0) is 4.79 Å². The average molecular weight is 248 g/mol. The van der Waals surface area contributed by atoms with E-state index in [1.807, 2.05) is 0 Å². The van der Waals surface area contributed by atoms with E-state index in [2.05, 4.69) is 5.32 Å². The normalized spacial score (nSPS) is 17.9. The number of hydrogen-bond acceptors (Lipinski definition) is 4. The minimum absolute atomic E-state index is 0.134. The Morgan fingerprint density at radius 1 is 1.33 bits per heavy atom. The van der Waals surface area contributed by atoms with E-state index in [-0.39, 0.29) is 12.5 Å². The van der Waals surface area contributed by atoms with E-state index in [1.54, 1.807) is 42.2 Å². The second-order valence-electron chi connectivity index (χ2n) is 4.89. The van der Waals surface area contributed by atoms with E-state index < -0.39 is 11.5 Å². The molecule has 0 aromatic heterocycles. The van der Waals surface area contributed by atoms with Gasteiger partial charge in [0.05, 0.1) is 12.1 Å². The van der Waals surface area contributed by atoms with Crippen LogP contribution in [0.4, 0.5) is 0 Å². The third-order valence-corrected chi connectivity index (χ3v) is 2.78. The SMILES string of the molecule is CC1(O)CN(CC(=O)NC(=O)c2ccccc2)C1. The number of carbonyl (C=O) groups is 2. The topological polar surface area (TPSA) is 69.6 Å². The summed E-state index contributed by atoms with van der Waals surface area (Å²) < 4.78 is 0. The Morgan fingerprint density at radius 2 is 1.94 bits per heavy atom. The molecule has 18 heavy (non-hydrogen) atoms. The Labute approximate surface area is 105 Å². The Kier molecular flexibility index (Phi) is 3.45. The molecular formula is C13H16N2O3. The van der Waals surface area contributed by atoms with E-state index in [1.165, 1.54) is 0 Å². The maximum atomic E-state index is 11.7. The highest BCUT2D eigenvalue weighted by Crippen LogP contribution is 2.18. The smallest absolute Gasteiger partial charge is 0.257 e. The first-order valence-electron chi connectivity index (χ1n) is 5.80. The van der Waals surface area contributed by atoms with Crippen LogP contribution in [0.15, 0.2) is 30.3 Å². The molecule has 1 aromatic rings. The maximum Gasteiger partial charge on any atom is 0.257 e. The minimum atomic E-state index is -0.705. The lowest BCUT2D eigenvalue weighted by Crippen LogP contribution is -2.61. The molecule has 1 aromatic carbocycles. The van der Waals surface area contributed by atoms with Gasteiger partial charge in [0.15, 0.2) is 0 Å². The molecule has 2 amide bonds. The lowest BCUT2D eigenvalue weighted by atomic mass is 9.97. The van der Waals surface area contributed by atoms with Crippen molar-refractivity contribution in [2.75, 3.05) is 19.6 Å². The number of nitrogens with zero attached hydrogens (tertiary/aromatic N) is 1. The Hall–Kier alpha value is -1.72. The van der Waals surface area contributed by atoms with E-state index in [0.717, 1.165) is 0 Å². The lowest BCUT2D eigenvalue weighted by molar-refractivity contribution is -0.129. The predicted molar refractivity (Wildman–Crippen MR) is 66.0 cm³/mol. The number of aliphatic hydroxyl groups is 1. The van der Waals surface area contributed by atoms with Gasteiger partial charge in [0.2, 0.25) is 5.91 Å². The van der Waals surface area contributed by atoms with Crippen molar-refractivity contribution in [2.24, 2.45) is 0 Å². The van der Waals surface area contributed by atoms with Gasteiger partial charge in [-0.2, -0.15) is 0 Å². The summed E-state index contributed by atoms with van der Waals surface area (Å²) in [5.41, 5.74) is -0.245. The lowest BCUT2D eigenvalue weighted by Gasteiger charge is -2.43. The Bertz CT molecular complexity index is 449. The quantitative estimate of drug-likeness (QED) is 0.790. The van der Waals surface area contributed by atoms with Gasteiger partial charge in [-0.25, -0.2) is 0 Å². The molecule has 0 saturated carbocycles. The zero-order valence-electron chi connectivity index (χ0n) is 10.2. The monoisotopic (exact) mass is 248 g/mol. The fourth-order valence-electron chi connectivity index (χ4n) is 2.06. The van der Waals surface area contributed by atoms with Crippen LogP contribution < -0.4 is 5.32 Å². The van der Waals surface area contributed by atoms with Gasteiger partial charge in [-0.3, -0.25) is 19.8 Å². The largest absolute Gasteiger partial charge is 0.388 e. The van der Waals surface area contributed by atoms with Crippen LogP contribution >= 0.6 is 0 Å². The first-order valence-corrected chi connectivity index (χ1v) is 5.80. The van der Waals surface area contributed by atoms with Crippen LogP contribution in [0.2, 0.25) is 0 Å². The van der Waals surface area contributed by atoms with Gasteiger partial charge in [0.1, 0.15) is 0 Å². The van der Waals surface area contributed by atoms with Gasteiger partial charge in [-0.1, -0.05) is 18.2 Å². The standard InChI is InChI=1S/C13H16N2O3/c1-13(18)8-15(9-13)7-11(16)14-12(17)10-5-3-2-4-6-10/h2-6,18H,7-9H2,1H3,(H,14,16,17). The van der Waals surface area contributed by atoms with Crippen molar-refractivity contribution in [1.29, 1.82) is 0 Å². The van der Waals surface area contributed by atoms with Gasteiger partial charge in [0.25, 0.3) is 5.91 Å². The highest BCUT2D eigenvalue weighted by atomic mass is 16.3. The number of likely N-dealkylation sites (tertiary alicyclic amines) is 1. The molecule has 1 aliphatic rings. The fraction of sp³-hybridized carbons (Fsp3) is 0.385. The van der Waals surface area contributed by atoms with Crippen molar-refractivity contribution in [3.05, 3.63) is 35.9 Å². The average Bonchev–Trinajstić information content (AvgIpc) is 2.27. The second kappa shape index (κ2) is 4.88. The highest BCUT2D eigenvalue weighted by molar-refractivity contribution is 6.05. The number of carbonyl (C=O) groups excluding carboxylic acids is 2. The minimum Gasteiger partial charge on any atom is -0.388 e. The zero-order chi connectivity index (χ0) is 13.2. The van der Waals surface area contributed by atoms with Crippen LogP contribution in [0, 0.1) is 0 Å². The molecule has 0 atom stereocenters. The van der Waals surface area contributed by atoms with Crippen molar-refractivity contribution in [3.63, 3.8) is 0 Å². The highest BCUT2D eigenvalue weighted by Gasteiger charge is 2.37. The molecule has 2 rings (SSSR count). The van der Waals surface area contributed by atoms with E-state index in [9.17, 15) is 14.7 Å². The predicted octanol–water partition coefficient (Wildman–Crippen LogP) is 0.00960. The molecule has 5 heteroatoms. The molecule has 0 spiro atoms. The third-order valence-electron chi connectivity index (χ3n) is 2.78. The van der Waals surface area contributed by atoms with Gasteiger partial charge in [0, 0.05) is 18.7 Å². The molecule has 0 unspecified atom stereocenters. The van der Waals surface area contributed by atoms with Gasteiger partial charge >= 0.3 is 0 Å². The van der Waals surface area contributed by atoms with Gasteiger partial charge < -0.3 is 5.11 Å². The van der Waals surface area contributed by atoms with Crippen molar-refractivity contribution in [2.45, 2.75) is 12.5 Å². The maximum absolute atomic E-state index is 11.7. The first kappa shape index (κ1) is 12.7. The van der Waals surface area contributed by atoms with Crippen LogP contribution in [0.1, 0.15) is 17.3 Å². The molecule has 5 nitrogen and oxygen atoms in total. The number of β-amino-alcohol motifs (C(OH)–C–C–N with tert-alkyl or cyclic N) is 1. The molecule has 2 N–H and O–H groups in total. The summed E-state index contributed by atoms with van der Waals surface area (Å²) in [6.45, 7) is 2.77. The second-order valence-corrected chi connectivity index (χ2v) is 4.89. The number of imide groups is 1. The molecule has 1 heterocycles. The summed E-state index contributed by atoms with van der Waals surface area (Å²) in [5, 5.41) is 11.8. The van der Waals surface area contributed by atoms with Crippen molar-refractivity contribution in [3.8, 4) is 0 Å². The Morgan fingerprint density at radius 3 is 2.50 bits per heavy atom. The number of nitrogens with one attached hydrogen (secondary N) is 1. The molecule has 0 radical (unpaired) electrons. The number of rotatable bonds is 3. The molecule has 0 bridgehead atoms. The molecule has 1 fully saturated rings. The summed E-state index contributed by atoms with van der Waals surface area (Å²) in [6, 6.07) is 8.59. The van der Waals surface area contributed by atoms with Crippen LogP contribution in [0.3, 0.4) is 0 Å². The number of amides is 2. The van der Waals surface area contributed by atoms with E-state index >= 15 is 0 Å². The Balaban J connectivity index is 1.80. The summed E-state index contributed by atoms with van der Waals surface area (Å²) in [6.07, 6.45) is 0. The van der Waals surface area contributed by atoms with Gasteiger partial charge in [-0.05, 0) is 19.1 Å². The number of benzene rings is 1. The summed E-state index contributed by atoms with van der Waals surface area (Å²) in [4.78, 5) is 25.0. The van der Waals surface area contributed by atoms with Gasteiger partial charge in [-0.15, -0.1) is 0 Å². The van der Waals surface area contributed by atoms with Crippen LogP contribution in [-0.4, -0.2) is 47.1 Å². The first-order chi connectivity index (χ1) is 8.46. The summed E-state index contributed by atoms with van der Waals surface area (Å²) >= 11 is 0. The van der Waals surface area contributed by atoms with Crippen LogP contribution in [0.5, 0.6) is 0 Å². The summed E-state index contributed by atoms with van der Waals surface area (Å²) in [5.74, 6) is -0.743. The fourth-order valence-corrected chi connectivity index (χ4v) is 2.06. The van der Waals surface area contributed by atoms with Crippen molar-refractivity contribution in [1.82, 2.24) is 10.2 Å². The van der Waals surface area contributed by atoms with Crippen LogP contribution in [0.25, 0.3) is 0 Å². The molecule has 1 aliphatic heterocycles. The van der Waals surface area contributed by atoms with Crippen molar-refractivity contribution < 1.29 is 14.7 Å². The van der Waals surface area contributed by atoms with Crippen molar-refractivity contribution >= 4 is 11.8 Å². The molecule has 1 saturated heterocycles. The molecule has 0 aliphatic carbocycles. The van der Waals surface area contributed by atoms with E-state index in [4.69, 9.17) is 0 Å². The molecular weight excluding hydrogens is 232 g/mol.